The van der Waals surface area contributed by atoms with E-state index in [0.717, 1.165) is 18.5 Å². The standard InChI is InChI=1S/C22H35N3O4/c1-8-9-10-19(18(4)26)25-14-13-24(15-17(25)3)20(27)12-11-16(2)23-21(28)29-22(5,6)7/h10-12,16H,3,8-9,13-15H2,1-2,4-7H3,(H,23,28)/b12-11+,19-10-. The van der Waals surface area contributed by atoms with Crippen molar-refractivity contribution in [3.05, 3.63) is 36.2 Å². The molecule has 162 valence electrons. The van der Waals surface area contributed by atoms with Crippen LogP contribution >= 0.6 is 0 Å². The molecule has 0 bridgehead atoms. The van der Waals surface area contributed by atoms with Crippen LogP contribution in [0, 0.1) is 0 Å². The molecule has 0 saturated carbocycles. The Morgan fingerprint density at radius 1 is 1.28 bits per heavy atom. The van der Waals surface area contributed by atoms with Gasteiger partial charge < -0.3 is 19.9 Å². The number of hydrogen-bond acceptors (Lipinski definition) is 5. The van der Waals surface area contributed by atoms with Crippen LogP contribution in [0.2, 0.25) is 0 Å². The molecular weight excluding hydrogens is 370 g/mol. The summed E-state index contributed by atoms with van der Waals surface area (Å²) in [5.41, 5.74) is 0.790. The van der Waals surface area contributed by atoms with E-state index in [9.17, 15) is 14.4 Å². The summed E-state index contributed by atoms with van der Waals surface area (Å²) >= 11 is 0. The van der Waals surface area contributed by atoms with E-state index in [1.54, 1.807) is 45.6 Å². The van der Waals surface area contributed by atoms with Crippen LogP contribution in [0.5, 0.6) is 0 Å². The highest BCUT2D eigenvalue weighted by Gasteiger charge is 2.26. The fourth-order valence-corrected chi connectivity index (χ4v) is 2.84. The third kappa shape index (κ3) is 8.54. The molecule has 7 heteroatoms. The van der Waals surface area contributed by atoms with Crippen molar-refractivity contribution in [1.82, 2.24) is 15.1 Å². The summed E-state index contributed by atoms with van der Waals surface area (Å²) in [6.07, 6.45) is 6.27. The molecule has 0 aromatic rings. The summed E-state index contributed by atoms with van der Waals surface area (Å²) in [5.74, 6) is -0.160. The summed E-state index contributed by atoms with van der Waals surface area (Å²) in [7, 11) is 0. The van der Waals surface area contributed by atoms with Crippen LogP contribution in [0.3, 0.4) is 0 Å². The van der Waals surface area contributed by atoms with Gasteiger partial charge in [0, 0.05) is 37.8 Å². The minimum absolute atomic E-state index is 0.00122. The lowest BCUT2D eigenvalue weighted by molar-refractivity contribution is -0.126. The van der Waals surface area contributed by atoms with Gasteiger partial charge in [-0.3, -0.25) is 9.59 Å². The Balaban J connectivity index is 2.63. The van der Waals surface area contributed by atoms with Crippen molar-refractivity contribution in [2.75, 3.05) is 19.6 Å². The van der Waals surface area contributed by atoms with Gasteiger partial charge in [0.15, 0.2) is 5.78 Å². The van der Waals surface area contributed by atoms with E-state index >= 15 is 0 Å². The third-order valence-corrected chi connectivity index (χ3v) is 4.21. The Morgan fingerprint density at radius 3 is 2.45 bits per heavy atom. The fourth-order valence-electron chi connectivity index (χ4n) is 2.84. The van der Waals surface area contributed by atoms with Gasteiger partial charge >= 0.3 is 6.09 Å². The number of carbonyl (C=O) groups excluding carboxylic acids is 3. The fraction of sp³-hybridized carbons (Fsp3) is 0.591. The number of unbranched alkanes of at least 4 members (excludes halogenated alkanes) is 1. The van der Waals surface area contributed by atoms with Crippen molar-refractivity contribution >= 4 is 17.8 Å². The lowest BCUT2D eigenvalue weighted by Gasteiger charge is -2.38. The summed E-state index contributed by atoms with van der Waals surface area (Å²) in [4.78, 5) is 39.8. The van der Waals surface area contributed by atoms with Crippen LogP contribution < -0.4 is 5.32 Å². The molecule has 1 aliphatic heterocycles. The largest absolute Gasteiger partial charge is 0.444 e. The van der Waals surface area contributed by atoms with Crippen molar-refractivity contribution in [3.63, 3.8) is 0 Å². The van der Waals surface area contributed by atoms with Crippen LogP contribution in [0.15, 0.2) is 36.2 Å². The Labute approximate surface area is 174 Å². The van der Waals surface area contributed by atoms with Crippen molar-refractivity contribution in [2.45, 2.75) is 66.0 Å². The zero-order chi connectivity index (χ0) is 22.2. The molecule has 0 aromatic carbocycles. The predicted octanol–water partition coefficient (Wildman–Crippen LogP) is 3.39. The molecule has 0 radical (unpaired) electrons. The number of Topliss-reactive ketones (excluding diaryl/α,β-unsaturated/α-hetero) is 1. The number of nitrogens with one attached hydrogen (secondary N) is 1. The van der Waals surface area contributed by atoms with Crippen LogP contribution in [0.1, 0.15) is 54.4 Å². The number of amides is 2. The van der Waals surface area contributed by atoms with E-state index in [-0.39, 0.29) is 17.7 Å². The van der Waals surface area contributed by atoms with E-state index in [0.29, 0.717) is 25.3 Å². The van der Waals surface area contributed by atoms with Gasteiger partial charge in [-0.05, 0) is 34.1 Å². The summed E-state index contributed by atoms with van der Waals surface area (Å²) < 4.78 is 5.20. The Morgan fingerprint density at radius 2 is 1.93 bits per heavy atom. The lowest BCUT2D eigenvalue weighted by atomic mass is 10.1. The number of piperazine rings is 1. The first-order valence-electron chi connectivity index (χ1n) is 10.1. The van der Waals surface area contributed by atoms with Gasteiger partial charge in [-0.15, -0.1) is 0 Å². The number of alkyl carbamates (subject to hydrolysis) is 1. The van der Waals surface area contributed by atoms with Crippen LogP contribution in [0.25, 0.3) is 0 Å². The zero-order valence-electron chi connectivity index (χ0n) is 18.6. The topological polar surface area (TPSA) is 79.0 Å². The monoisotopic (exact) mass is 405 g/mol. The van der Waals surface area contributed by atoms with Gasteiger partial charge in [-0.2, -0.15) is 0 Å². The number of rotatable bonds is 7. The predicted molar refractivity (Wildman–Crippen MR) is 114 cm³/mol. The molecular formula is C22H35N3O4. The lowest BCUT2D eigenvalue weighted by Crippen LogP contribution is -2.47. The number of carbonyl (C=O) groups is 3. The van der Waals surface area contributed by atoms with Crippen molar-refractivity contribution in [3.8, 4) is 0 Å². The number of ketones is 1. The molecule has 0 aliphatic carbocycles. The number of ether oxygens (including phenoxy) is 1. The number of nitrogens with zero attached hydrogens (tertiary/aromatic N) is 2. The minimum Gasteiger partial charge on any atom is -0.444 e. The molecule has 0 spiro atoms. The van der Waals surface area contributed by atoms with Gasteiger partial charge in [-0.25, -0.2) is 4.79 Å². The van der Waals surface area contributed by atoms with E-state index in [1.807, 2.05) is 11.0 Å². The molecule has 1 saturated heterocycles. The van der Waals surface area contributed by atoms with Crippen LogP contribution in [-0.2, 0) is 14.3 Å². The molecule has 29 heavy (non-hydrogen) atoms. The number of allylic oxidation sites excluding steroid dienone is 2. The molecule has 1 rings (SSSR count). The highest BCUT2D eigenvalue weighted by atomic mass is 16.6. The molecule has 1 heterocycles. The zero-order valence-corrected chi connectivity index (χ0v) is 18.6. The average Bonchev–Trinajstić information content (AvgIpc) is 2.59. The second-order valence-corrected chi connectivity index (χ2v) is 8.21. The first-order chi connectivity index (χ1) is 13.4. The van der Waals surface area contributed by atoms with Gasteiger partial charge in [0.1, 0.15) is 5.60 Å². The molecule has 1 N–H and O–H groups in total. The van der Waals surface area contributed by atoms with Crippen LogP contribution in [0.4, 0.5) is 4.79 Å². The molecule has 1 aliphatic rings. The Kier molecular flexibility index (Phi) is 9.14. The Hall–Kier alpha value is -2.57. The maximum Gasteiger partial charge on any atom is 0.408 e. The van der Waals surface area contributed by atoms with Crippen LogP contribution in [-0.4, -0.2) is 58.9 Å². The molecule has 7 nitrogen and oxygen atoms in total. The molecule has 1 atom stereocenters. The SMILES string of the molecule is C=C1CN(C(=O)/C=C/C(C)NC(=O)OC(C)(C)C)CCN1/C(=C\CCC)C(C)=O. The van der Waals surface area contributed by atoms with Gasteiger partial charge in [0.25, 0.3) is 0 Å². The summed E-state index contributed by atoms with van der Waals surface area (Å²) in [5, 5.41) is 2.67. The van der Waals surface area contributed by atoms with Gasteiger partial charge in [0.05, 0.1) is 12.2 Å². The Bertz CT molecular complexity index is 689. The maximum atomic E-state index is 12.5. The van der Waals surface area contributed by atoms with Crippen molar-refractivity contribution < 1.29 is 19.1 Å². The average molecular weight is 406 g/mol. The second-order valence-electron chi connectivity index (χ2n) is 8.21. The van der Waals surface area contributed by atoms with E-state index in [4.69, 9.17) is 4.74 Å². The van der Waals surface area contributed by atoms with Crippen molar-refractivity contribution in [1.29, 1.82) is 0 Å². The van der Waals surface area contributed by atoms with E-state index < -0.39 is 11.7 Å². The maximum absolute atomic E-state index is 12.5. The third-order valence-electron chi connectivity index (χ3n) is 4.21. The van der Waals surface area contributed by atoms with Gasteiger partial charge in [0.2, 0.25) is 5.91 Å². The molecule has 1 unspecified atom stereocenters. The molecule has 0 aromatic heterocycles. The van der Waals surface area contributed by atoms with E-state index in [2.05, 4.69) is 18.8 Å². The molecule has 2 amide bonds. The second kappa shape index (κ2) is 10.8. The first-order valence-corrected chi connectivity index (χ1v) is 10.1. The van der Waals surface area contributed by atoms with E-state index in [1.165, 1.54) is 6.08 Å². The number of hydrogen-bond donors (Lipinski definition) is 1. The van der Waals surface area contributed by atoms with Gasteiger partial charge in [-0.1, -0.05) is 32.1 Å². The first kappa shape index (κ1) is 24.5. The molecule has 1 fully saturated rings. The minimum atomic E-state index is -0.576. The quantitative estimate of drug-likeness (QED) is 0.657. The highest BCUT2D eigenvalue weighted by molar-refractivity contribution is 5.93. The normalized spacial score (nSPS) is 16.8. The highest BCUT2D eigenvalue weighted by Crippen LogP contribution is 2.19. The smallest absolute Gasteiger partial charge is 0.408 e. The summed E-state index contributed by atoms with van der Waals surface area (Å²) in [6, 6.07) is -0.348. The van der Waals surface area contributed by atoms with Crippen molar-refractivity contribution in [2.24, 2.45) is 0 Å². The summed E-state index contributed by atoms with van der Waals surface area (Å²) in [6.45, 7) is 16.2.